The van der Waals surface area contributed by atoms with E-state index in [1.54, 1.807) is 0 Å². The fourth-order valence-electron chi connectivity index (χ4n) is 6.16. The third-order valence-electron chi connectivity index (χ3n) is 7.41. The van der Waals surface area contributed by atoms with Crippen molar-refractivity contribution in [1.29, 1.82) is 0 Å². The number of carbonyl (C=O) groups excluding carboxylic acids is 1. The normalized spacial score (nSPS) is 47.3. The number of allylic oxidation sites excluding steroid dienone is 5. The second-order valence-corrected chi connectivity index (χ2v) is 8.61. The lowest BCUT2D eigenvalue weighted by Crippen LogP contribution is -2.50. The van der Waals surface area contributed by atoms with Crippen molar-refractivity contribution < 1.29 is 9.53 Å². The third-order valence-corrected chi connectivity index (χ3v) is 7.41. The van der Waals surface area contributed by atoms with E-state index in [1.807, 2.05) is 6.08 Å². The second-order valence-electron chi connectivity index (χ2n) is 8.61. The zero-order valence-corrected chi connectivity index (χ0v) is 14.5. The molecule has 0 radical (unpaired) electrons. The summed E-state index contributed by atoms with van der Waals surface area (Å²) in [6, 6.07) is 0. The highest BCUT2D eigenvalue weighted by Gasteiger charge is 2.55. The zero-order valence-electron chi connectivity index (χ0n) is 14.5. The maximum Gasteiger partial charge on any atom is 0.308 e. The van der Waals surface area contributed by atoms with Gasteiger partial charge >= 0.3 is 5.97 Å². The van der Waals surface area contributed by atoms with Gasteiger partial charge in [0.05, 0.1) is 0 Å². The molecule has 0 aromatic heterocycles. The Kier molecular flexibility index (Phi) is 3.37. The first-order chi connectivity index (χ1) is 10.9. The number of esters is 1. The van der Waals surface area contributed by atoms with E-state index in [9.17, 15) is 4.79 Å². The summed E-state index contributed by atoms with van der Waals surface area (Å²) in [6.45, 7) is 6.40. The summed E-state index contributed by atoms with van der Waals surface area (Å²) in [7, 11) is 0. The van der Waals surface area contributed by atoms with Crippen LogP contribution in [-0.4, -0.2) is 5.97 Å². The molecular formula is C21H28O2. The first-order valence-electron chi connectivity index (χ1n) is 9.19. The molecule has 124 valence electrons. The van der Waals surface area contributed by atoms with Crippen LogP contribution in [0.1, 0.15) is 52.9 Å². The lowest BCUT2D eigenvalue weighted by atomic mass is 9.47. The molecule has 2 heteroatoms. The summed E-state index contributed by atoms with van der Waals surface area (Å²) in [4.78, 5) is 11.2. The molecule has 0 saturated heterocycles. The predicted molar refractivity (Wildman–Crippen MR) is 91.4 cm³/mol. The maximum absolute atomic E-state index is 11.2. The van der Waals surface area contributed by atoms with Crippen molar-refractivity contribution in [1.82, 2.24) is 0 Å². The van der Waals surface area contributed by atoms with E-state index in [0.29, 0.717) is 11.3 Å². The van der Waals surface area contributed by atoms with Crippen LogP contribution in [0.4, 0.5) is 0 Å². The van der Waals surface area contributed by atoms with E-state index in [1.165, 1.54) is 39.0 Å². The van der Waals surface area contributed by atoms with Crippen LogP contribution in [0, 0.1) is 34.5 Å². The Bertz CT molecular complexity index is 613. The highest BCUT2D eigenvalue weighted by atomic mass is 16.5. The molecule has 0 spiro atoms. The minimum atomic E-state index is -0.219. The van der Waals surface area contributed by atoms with Gasteiger partial charge < -0.3 is 4.74 Å². The molecule has 23 heavy (non-hydrogen) atoms. The van der Waals surface area contributed by atoms with Crippen LogP contribution in [-0.2, 0) is 9.53 Å². The SMILES string of the molecule is CC(=O)OC1=CC2CC[C@H]3[C@@H]4CC=C[C@@]4(C)CC[C@@H]3[C@@]2(C)C=C1. The minimum Gasteiger partial charge on any atom is -0.427 e. The zero-order chi connectivity index (χ0) is 16.2. The van der Waals surface area contributed by atoms with Crippen LogP contribution in [0.25, 0.3) is 0 Å². The van der Waals surface area contributed by atoms with Gasteiger partial charge in [-0.2, -0.15) is 0 Å². The predicted octanol–water partition coefficient (Wildman–Crippen LogP) is 5.03. The maximum atomic E-state index is 11.2. The van der Waals surface area contributed by atoms with Gasteiger partial charge in [0.1, 0.15) is 5.76 Å². The van der Waals surface area contributed by atoms with Crippen LogP contribution in [0.15, 0.2) is 36.1 Å². The summed E-state index contributed by atoms with van der Waals surface area (Å²) in [5.41, 5.74) is 0.679. The summed E-state index contributed by atoms with van der Waals surface area (Å²) >= 11 is 0. The average Bonchev–Trinajstić information content (AvgIpc) is 2.89. The Labute approximate surface area is 139 Å². The summed E-state index contributed by atoms with van der Waals surface area (Å²) in [6.07, 6.45) is 18.0. The Morgan fingerprint density at radius 3 is 2.78 bits per heavy atom. The van der Waals surface area contributed by atoms with Gasteiger partial charge in [0.2, 0.25) is 0 Å². The van der Waals surface area contributed by atoms with Crippen molar-refractivity contribution in [3.63, 3.8) is 0 Å². The van der Waals surface area contributed by atoms with Crippen molar-refractivity contribution in [3.8, 4) is 0 Å². The standard InChI is InChI=1S/C21H28O2/c1-14(22)23-16-8-12-21(3)15(13-16)6-7-17-18-5-4-10-20(18,2)11-9-19(17)21/h4,8,10,12-13,15,17-19H,5-7,9,11H2,1-3H3/t15?,17-,18-,19-,20-,21-/m0/s1. The molecule has 6 atom stereocenters. The quantitative estimate of drug-likeness (QED) is 0.501. The van der Waals surface area contributed by atoms with Crippen molar-refractivity contribution in [2.75, 3.05) is 0 Å². The van der Waals surface area contributed by atoms with E-state index in [2.05, 4.69) is 38.2 Å². The van der Waals surface area contributed by atoms with E-state index in [0.717, 1.165) is 23.5 Å². The number of carbonyl (C=O) groups is 1. The highest BCUT2D eigenvalue weighted by molar-refractivity contribution is 5.67. The van der Waals surface area contributed by atoms with Crippen molar-refractivity contribution in [2.45, 2.75) is 52.9 Å². The van der Waals surface area contributed by atoms with Gasteiger partial charge in [0.25, 0.3) is 0 Å². The summed E-state index contributed by atoms with van der Waals surface area (Å²) < 4.78 is 5.33. The molecule has 2 nitrogen and oxygen atoms in total. The molecule has 4 aliphatic rings. The summed E-state index contributed by atoms with van der Waals surface area (Å²) in [5, 5.41) is 0. The largest absolute Gasteiger partial charge is 0.427 e. The molecule has 0 bridgehead atoms. The van der Waals surface area contributed by atoms with Crippen molar-refractivity contribution >= 4 is 5.97 Å². The van der Waals surface area contributed by atoms with Gasteiger partial charge in [-0.1, -0.05) is 32.1 Å². The van der Waals surface area contributed by atoms with Gasteiger partial charge in [-0.05, 0) is 78.8 Å². The Morgan fingerprint density at radius 1 is 1.17 bits per heavy atom. The van der Waals surface area contributed by atoms with Gasteiger partial charge in [-0.3, -0.25) is 4.79 Å². The van der Waals surface area contributed by atoms with Gasteiger partial charge in [-0.15, -0.1) is 0 Å². The fourth-order valence-corrected chi connectivity index (χ4v) is 6.16. The molecule has 4 aliphatic carbocycles. The first-order valence-corrected chi connectivity index (χ1v) is 9.19. The van der Waals surface area contributed by atoms with Gasteiger partial charge in [-0.25, -0.2) is 0 Å². The van der Waals surface area contributed by atoms with E-state index in [-0.39, 0.29) is 11.4 Å². The molecular weight excluding hydrogens is 284 g/mol. The smallest absolute Gasteiger partial charge is 0.308 e. The van der Waals surface area contributed by atoms with E-state index >= 15 is 0 Å². The molecule has 0 aliphatic heterocycles. The molecule has 2 saturated carbocycles. The summed E-state index contributed by atoms with van der Waals surface area (Å²) in [5.74, 6) is 3.50. The second kappa shape index (κ2) is 5.09. The lowest BCUT2D eigenvalue weighted by molar-refractivity contribution is -0.136. The van der Waals surface area contributed by atoms with Crippen LogP contribution in [0.2, 0.25) is 0 Å². The topological polar surface area (TPSA) is 26.3 Å². The molecule has 0 heterocycles. The average molecular weight is 312 g/mol. The van der Waals surface area contributed by atoms with Crippen LogP contribution in [0.5, 0.6) is 0 Å². The minimum absolute atomic E-state index is 0.219. The van der Waals surface area contributed by atoms with Gasteiger partial charge in [0, 0.05) is 6.92 Å². The van der Waals surface area contributed by atoms with Crippen molar-refractivity contribution in [2.24, 2.45) is 34.5 Å². The number of rotatable bonds is 1. The van der Waals surface area contributed by atoms with Crippen LogP contribution >= 0.6 is 0 Å². The Balaban J connectivity index is 1.60. The number of fused-ring (bicyclic) bond motifs is 5. The molecule has 4 rings (SSSR count). The van der Waals surface area contributed by atoms with Gasteiger partial charge in [0.15, 0.2) is 0 Å². The first kappa shape index (κ1) is 15.2. The molecule has 1 unspecified atom stereocenters. The highest BCUT2D eigenvalue weighted by Crippen LogP contribution is 2.63. The van der Waals surface area contributed by atoms with E-state index < -0.39 is 0 Å². The Hall–Kier alpha value is -1.31. The molecule has 0 N–H and O–H groups in total. The number of hydrogen-bond acceptors (Lipinski definition) is 2. The van der Waals surface area contributed by atoms with Crippen molar-refractivity contribution in [3.05, 3.63) is 36.1 Å². The molecule has 0 amide bonds. The molecule has 0 aromatic carbocycles. The molecule has 2 fully saturated rings. The Morgan fingerprint density at radius 2 is 2.00 bits per heavy atom. The number of ether oxygens (including phenoxy) is 1. The van der Waals surface area contributed by atoms with E-state index in [4.69, 9.17) is 4.74 Å². The van der Waals surface area contributed by atoms with Crippen LogP contribution in [0.3, 0.4) is 0 Å². The number of hydrogen-bond donors (Lipinski definition) is 0. The monoisotopic (exact) mass is 312 g/mol. The lowest BCUT2D eigenvalue weighted by Gasteiger charge is -2.57. The van der Waals surface area contributed by atoms with Crippen LogP contribution < -0.4 is 0 Å². The third kappa shape index (κ3) is 2.25. The molecule has 0 aromatic rings. The fraction of sp³-hybridized carbons (Fsp3) is 0.667.